The minimum Gasteiger partial charge on any atom is -0.465 e. The summed E-state index contributed by atoms with van der Waals surface area (Å²) in [5.74, 6) is -0.233. The number of esters is 1. The van der Waals surface area contributed by atoms with Crippen molar-refractivity contribution < 1.29 is 9.53 Å². The van der Waals surface area contributed by atoms with Crippen molar-refractivity contribution in [3.05, 3.63) is 22.5 Å². The molecule has 1 aromatic heterocycles. The second kappa shape index (κ2) is 3.86. The molecule has 0 unspecified atom stereocenters. The van der Waals surface area contributed by atoms with Gasteiger partial charge in [-0.15, -0.1) is 0 Å². The van der Waals surface area contributed by atoms with Crippen LogP contribution >= 0.6 is 0 Å². The summed E-state index contributed by atoms with van der Waals surface area (Å²) in [6, 6.07) is 0. The van der Waals surface area contributed by atoms with Gasteiger partial charge < -0.3 is 9.30 Å². The lowest BCUT2D eigenvalue weighted by molar-refractivity contribution is 0.0598. The summed E-state index contributed by atoms with van der Waals surface area (Å²) in [7, 11) is 3.39. The van der Waals surface area contributed by atoms with Crippen LogP contribution in [0.25, 0.3) is 0 Å². The van der Waals surface area contributed by atoms with Crippen LogP contribution in [-0.2, 0) is 18.2 Å². The minimum atomic E-state index is -0.233. The molecule has 14 heavy (non-hydrogen) atoms. The third kappa shape index (κ3) is 1.43. The zero-order valence-corrected chi connectivity index (χ0v) is 9.47. The van der Waals surface area contributed by atoms with Crippen molar-refractivity contribution in [1.29, 1.82) is 0 Å². The summed E-state index contributed by atoms with van der Waals surface area (Å²) in [5, 5.41) is 0. The summed E-state index contributed by atoms with van der Waals surface area (Å²) >= 11 is 0. The van der Waals surface area contributed by atoms with Gasteiger partial charge >= 0.3 is 5.97 Å². The number of ether oxygens (including phenoxy) is 1. The molecular weight excluding hydrogens is 178 g/mol. The maximum Gasteiger partial charge on any atom is 0.339 e. The van der Waals surface area contributed by atoms with Crippen LogP contribution in [0, 0.1) is 13.8 Å². The Bertz CT molecular complexity index is 364. The van der Waals surface area contributed by atoms with Crippen molar-refractivity contribution in [3.8, 4) is 0 Å². The third-order valence-electron chi connectivity index (χ3n) is 2.85. The van der Waals surface area contributed by atoms with E-state index in [4.69, 9.17) is 4.74 Å². The molecule has 1 heterocycles. The van der Waals surface area contributed by atoms with E-state index in [0.717, 1.165) is 28.9 Å². The highest BCUT2D eigenvalue weighted by molar-refractivity contribution is 5.93. The summed E-state index contributed by atoms with van der Waals surface area (Å²) < 4.78 is 6.81. The standard InChI is InChI=1S/C11H17NO2/c1-6-9-7(2)12(4)8(3)10(9)11(13)14-5/h6H2,1-5H3. The van der Waals surface area contributed by atoms with E-state index in [9.17, 15) is 4.79 Å². The predicted octanol–water partition coefficient (Wildman–Crippen LogP) is 1.99. The predicted molar refractivity (Wildman–Crippen MR) is 55.6 cm³/mol. The van der Waals surface area contributed by atoms with Crippen molar-refractivity contribution in [3.63, 3.8) is 0 Å². The second-order valence-electron chi connectivity index (χ2n) is 3.43. The Morgan fingerprint density at radius 2 is 1.93 bits per heavy atom. The average molecular weight is 195 g/mol. The van der Waals surface area contributed by atoms with E-state index < -0.39 is 0 Å². The SMILES string of the molecule is CCc1c(C(=O)OC)c(C)n(C)c1C. The number of carbonyl (C=O) groups is 1. The van der Waals surface area contributed by atoms with E-state index in [1.807, 2.05) is 32.4 Å². The molecule has 78 valence electrons. The fourth-order valence-electron chi connectivity index (χ4n) is 1.83. The molecule has 1 rings (SSSR count). The molecule has 0 saturated heterocycles. The van der Waals surface area contributed by atoms with Crippen LogP contribution in [0.5, 0.6) is 0 Å². The molecule has 0 bridgehead atoms. The summed E-state index contributed by atoms with van der Waals surface area (Å²) in [4.78, 5) is 11.5. The summed E-state index contributed by atoms with van der Waals surface area (Å²) in [6.07, 6.45) is 0.859. The van der Waals surface area contributed by atoms with E-state index in [1.54, 1.807) is 0 Å². The Hall–Kier alpha value is -1.25. The summed E-state index contributed by atoms with van der Waals surface area (Å²) in [6.45, 7) is 6.02. The normalized spacial score (nSPS) is 10.4. The fourth-order valence-corrected chi connectivity index (χ4v) is 1.83. The van der Waals surface area contributed by atoms with E-state index in [-0.39, 0.29) is 5.97 Å². The Kier molecular flexibility index (Phi) is 2.99. The molecule has 0 spiro atoms. The number of methoxy groups -OCH3 is 1. The fraction of sp³-hybridized carbons (Fsp3) is 0.545. The molecule has 0 amide bonds. The Balaban J connectivity index is 3.40. The van der Waals surface area contributed by atoms with Crippen LogP contribution < -0.4 is 0 Å². The van der Waals surface area contributed by atoms with Gasteiger partial charge in [0.15, 0.2) is 0 Å². The van der Waals surface area contributed by atoms with Gasteiger partial charge in [-0.25, -0.2) is 4.79 Å². The molecule has 3 nitrogen and oxygen atoms in total. The van der Waals surface area contributed by atoms with Crippen molar-refractivity contribution in [2.45, 2.75) is 27.2 Å². The van der Waals surface area contributed by atoms with Crippen molar-refractivity contribution in [1.82, 2.24) is 4.57 Å². The molecule has 0 radical (unpaired) electrons. The van der Waals surface area contributed by atoms with Gasteiger partial charge in [-0.3, -0.25) is 0 Å². The lowest BCUT2D eigenvalue weighted by atomic mass is 10.1. The number of hydrogen-bond donors (Lipinski definition) is 0. The molecule has 0 aliphatic rings. The molecule has 0 aliphatic heterocycles. The molecule has 0 aliphatic carbocycles. The first-order valence-corrected chi connectivity index (χ1v) is 4.77. The molecule has 0 aromatic carbocycles. The van der Waals surface area contributed by atoms with E-state index in [0.29, 0.717) is 0 Å². The number of carbonyl (C=O) groups excluding carboxylic acids is 1. The molecule has 0 N–H and O–H groups in total. The monoisotopic (exact) mass is 195 g/mol. The molecule has 3 heteroatoms. The Morgan fingerprint density at radius 1 is 1.36 bits per heavy atom. The average Bonchev–Trinajstić information content (AvgIpc) is 2.41. The highest BCUT2D eigenvalue weighted by atomic mass is 16.5. The van der Waals surface area contributed by atoms with Crippen molar-refractivity contribution in [2.24, 2.45) is 7.05 Å². The van der Waals surface area contributed by atoms with Crippen LogP contribution in [0.3, 0.4) is 0 Å². The highest BCUT2D eigenvalue weighted by Gasteiger charge is 2.20. The zero-order valence-electron chi connectivity index (χ0n) is 9.47. The Labute approximate surface area is 84.7 Å². The van der Waals surface area contributed by atoms with Crippen LogP contribution in [0.2, 0.25) is 0 Å². The van der Waals surface area contributed by atoms with Crippen LogP contribution in [0.4, 0.5) is 0 Å². The van der Waals surface area contributed by atoms with Crippen molar-refractivity contribution >= 4 is 5.97 Å². The highest BCUT2D eigenvalue weighted by Crippen LogP contribution is 2.22. The number of hydrogen-bond acceptors (Lipinski definition) is 2. The van der Waals surface area contributed by atoms with Gasteiger partial charge in [-0.05, 0) is 25.8 Å². The van der Waals surface area contributed by atoms with Gasteiger partial charge in [0.2, 0.25) is 0 Å². The topological polar surface area (TPSA) is 31.2 Å². The first-order valence-electron chi connectivity index (χ1n) is 4.77. The van der Waals surface area contributed by atoms with Gasteiger partial charge in [0.05, 0.1) is 12.7 Å². The summed E-state index contributed by atoms with van der Waals surface area (Å²) in [5.41, 5.74) is 3.95. The minimum absolute atomic E-state index is 0.233. The number of nitrogens with zero attached hydrogens (tertiary/aromatic N) is 1. The quantitative estimate of drug-likeness (QED) is 0.676. The van der Waals surface area contributed by atoms with Gasteiger partial charge in [0.1, 0.15) is 0 Å². The third-order valence-corrected chi connectivity index (χ3v) is 2.85. The number of aromatic nitrogens is 1. The van der Waals surface area contributed by atoms with Gasteiger partial charge in [0.25, 0.3) is 0 Å². The van der Waals surface area contributed by atoms with Gasteiger partial charge in [-0.1, -0.05) is 6.92 Å². The molecular formula is C11H17NO2. The maximum absolute atomic E-state index is 11.5. The number of rotatable bonds is 2. The van der Waals surface area contributed by atoms with Crippen LogP contribution in [0.1, 0.15) is 34.2 Å². The second-order valence-corrected chi connectivity index (χ2v) is 3.43. The zero-order chi connectivity index (χ0) is 10.9. The Morgan fingerprint density at radius 3 is 2.36 bits per heavy atom. The largest absolute Gasteiger partial charge is 0.465 e. The van der Waals surface area contributed by atoms with E-state index in [1.165, 1.54) is 7.11 Å². The van der Waals surface area contributed by atoms with E-state index in [2.05, 4.69) is 0 Å². The first kappa shape index (κ1) is 10.8. The molecule has 1 aromatic rings. The first-order chi connectivity index (χ1) is 6.54. The van der Waals surface area contributed by atoms with Gasteiger partial charge in [0, 0.05) is 18.4 Å². The molecule has 0 fully saturated rings. The molecule has 0 atom stereocenters. The maximum atomic E-state index is 11.5. The van der Waals surface area contributed by atoms with Gasteiger partial charge in [-0.2, -0.15) is 0 Å². The van der Waals surface area contributed by atoms with Crippen LogP contribution in [0.15, 0.2) is 0 Å². The lowest BCUT2D eigenvalue weighted by Crippen LogP contribution is -2.05. The van der Waals surface area contributed by atoms with Crippen LogP contribution in [-0.4, -0.2) is 17.6 Å². The van der Waals surface area contributed by atoms with E-state index >= 15 is 0 Å². The smallest absolute Gasteiger partial charge is 0.339 e. The lowest BCUT2D eigenvalue weighted by Gasteiger charge is -2.01. The van der Waals surface area contributed by atoms with Crippen molar-refractivity contribution in [2.75, 3.05) is 7.11 Å². The molecule has 0 saturated carbocycles.